The fourth-order valence-corrected chi connectivity index (χ4v) is 3.10. The minimum Gasteiger partial charge on any atom is -0.493 e. The molecule has 0 fully saturated rings. The van der Waals surface area contributed by atoms with Gasteiger partial charge in [0, 0.05) is 18.8 Å². The van der Waals surface area contributed by atoms with Crippen LogP contribution in [-0.2, 0) is 6.61 Å². The number of aryl methyl sites for hydroxylation is 1. The molecule has 0 aliphatic heterocycles. The predicted octanol–water partition coefficient (Wildman–Crippen LogP) is 5.00. The number of nitrogens with zero attached hydrogens (tertiary/aromatic N) is 2. The van der Waals surface area contributed by atoms with Gasteiger partial charge in [0.15, 0.2) is 0 Å². The number of anilines is 1. The molecule has 6 heteroatoms. The van der Waals surface area contributed by atoms with Gasteiger partial charge < -0.3 is 14.5 Å². The van der Waals surface area contributed by atoms with Crippen LogP contribution < -0.4 is 20.3 Å². The number of hydrogen-bond acceptors (Lipinski definition) is 5. The molecule has 0 bridgehead atoms. The first-order chi connectivity index (χ1) is 13.5. The Morgan fingerprint density at radius 2 is 1.89 bits per heavy atom. The highest BCUT2D eigenvalue weighted by atomic mass is 35.5. The summed E-state index contributed by atoms with van der Waals surface area (Å²) in [5, 5.41) is 2.19. The molecule has 2 N–H and O–H groups in total. The second kappa shape index (κ2) is 8.95. The topological polar surface area (TPSA) is 60.6 Å². The fourth-order valence-electron chi connectivity index (χ4n) is 2.99. The molecular formula is C22H24ClN3O2. The quantitative estimate of drug-likeness (QED) is 0.449. The van der Waals surface area contributed by atoms with Crippen LogP contribution >= 0.6 is 11.6 Å². The van der Waals surface area contributed by atoms with E-state index in [0.29, 0.717) is 18.2 Å². The average molecular weight is 398 g/mol. The molecule has 2 aromatic carbocycles. The van der Waals surface area contributed by atoms with E-state index in [-0.39, 0.29) is 0 Å². The lowest BCUT2D eigenvalue weighted by molar-refractivity contribution is 0.285. The van der Waals surface area contributed by atoms with Gasteiger partial charge in [0.05, 0.1) is 28.6 Å². The number of rotatable bonds is 7. The van der Waals surface area contributed by atoms with Gasteiger partial charge in [0.2, 0.25) is 0 Å². The van der Waals surface area contributed by atoms with Gasteiger partial charge in [0.1, 0.15) is 18.1 Å². The van der Waals surface area contributed by atoms with Crippen molar-refractivity contribution in [2.24, 2.45) is 5.84 Å². The number of ether oxygens (including phenoxy) is 2. The van der Waals surface area contributed by atoms with Crippen LogP contribution in [0.2, 0.25) is 5.02 Å². The number of pyridine rings is 1. The van der Waals surface area contributed by atoms with Crippen LogP contribution in [0.15, 0.2) is 54.7 Å². The molecule has 3 aromatic rings. The van der Waals surface area contributed by atoms with Crippen LogP contribution in [0.4, 0.5) is 5.69 Å². The number of nitrogens with two attached hydrogens (primary N) is 1. The van der Waals surface area contributed by atoms with E-state index in [0.717, 1.165) is 39.6 Å². The Hall–Kier alpha value is -2.76. The lowest BCUT2D eigenvalue weighted by Crippen LogP contribution is -2.26. The normalized spacial score (nSPS) is 10.6. The van der Waals surface area contributed by atoms with E-state index < -0.39 is 0 Å². The highest BCUT2D eigenvalue weighted by Gasteiger charge is 2.13. The van der Waals surface area contributed by atoms with E-state index in [4.69, 9.17) is 26.9 Å². The second-order valence-electron chi connectivity index (χ2n) is 6.43. The Morgan fingerprint density at radius 3 is 2.54 bits per heavy atom. The van der Waals surface area contributed by atoms with Crippen molar-refractivity contribution < 1.29 is 9.47 Å². The Labute approximate surface area is 170 Å². The Balaban J connectivity index is 1.82. The summed E-state index contributed by atoms with van der Waals surface area (Å²) < 4.78 is 11.9. The zero-order valence-electron chi connectivity index (χ0n) is 16.3. The summed E-state index contributed by atoms with van der Waals surface area (Å²) >= 11 is 5.92. The molecule has 0 saturated carbocycles. The van der Waals surface area contributed by atoms with Crippen LogP contribution in [0.5, 0.6) is 11.5 Å². The smallest absolute Gasteiger partial charge is 0.128 e. The molecule has 28 heavy (non-hydrogen) atoms. The van der Waals surface area contributed by atoms with E-state index in [1.54, 1.807) is 18.3 Å². The van der Waals surface area contributed by atoms with Crippen LogP contribution in [0.1, 0.15) is 18.1 Å². The summed E-state index contributed by atoms with van der Waals surface area (Å²) in [6, 6.07) is 15.5. The third kappa shape index (κ3) is 4.55. The van der Waals surface area contributed by atoms with Crippen LogP contribution in [-0.4, -0.2) is 18.6 Å². The molecular weight excluding hydrogens is 374 g/mol. The molecule has 0 unspecified atom stereocenters. The SMILES string of the molecule is CCOc1cccc(N(C)N)c1COc1ccc(-c2ccc(Cl)cn2)cc1C. The van der Waals surface area contributed by atoms with Gasteiger partial charge in [-0.05, 0) is 61.9 Å². The number of hydrazine groups is 1. The number of hydrogen-bond donors (Lipinski definition) is 1. The van der Waals surface area contributed by atoms with Crippen molar-refractivity contribution in [1.82, 2.24) is 4.98 Å². The van der Waals surface area contributed by atoms with Crippen molar-refractivity contribution in [3.05, 3.63) is 70.9 Å². The van der Waals surface area contributed by atoms with Gasteiger partial charge in [0.25, 0.3) is 0 Å². The highest BCUT2D eigenvalue weighted by Crippen LogP contribution is 2.31. The largest absolute Gasteiger partial charge is 0.493 e. The van der Waals surface area contributed by atoms with Gasteiger partial charge in [-0.25, -0.2) is 5.84 Å². The molecule has 0 aliphatic rings. The molecule has 1 aromatic heterocycles. The third-order valence-corrected chi connectivity index (χ3v) is 4.58. The van der Waals surface area contributed by atoms with Crippen LogP contribution in [0.25, 0.3) is 11.3 Å². The first kappa shape index (κ1) is 20.0. The first-order valence-corrected chi connectivity index (χ1v) is 9.46. The highest BCUT2D eigenvalue weighted by molar-refractivity contribution is 6.30. The monoisotopic (exact) mass is 397 g/mol. The molecule has 146 valence electrons. The molecule has 0 amide bonds. The summed E-state index contributed by atoms with van der Waals surface area (Å²) in [6.45, 7) is 4.90. The zero-order chi connectivity index (χ0) is 20.1. The minimum absolute atomic E-state index is 0.354. The number of aromatic nitrogens is 1. The first-order valence-electron chi connectivity index (χ1n) is 9.08. The molecule has 0 saturated heterocycles. The molecule has 3 rings (SSSR count). The Bertz CT molecular complexity index is 943. The van der Waals surface area contributed by atoms with Gasteiger partial charge in [-0.1, -0.05) is 17.7 Å². The standard InChI is InChI=1S/C22H24ClN3O2/c1-4-27-22-7-5-6-20(26(3)24)18(22)14-28-21-11-8-16(12-15(21)2)19-10-9-17(23)13-25-19/h5-13H,4,14,24H2,1-3H3. The third-order valence-electron chi connectivity index (χ3n) is 4.36. The van der Waals surface area contributed by atoms with Gasteiger partial charge >= 0.3 is 0 Å². The van der Waals surface area contributed by atoms with E-state index in [2.05, 4.69) is 11.1 Å². The average Bonchev–Trinajstić information content (AvgIpc) is 2.68. The summed E-state index contributed by atoms with van der Waals surface area (Å²) in [5.41, 5.74) is 4.68. The van der Waals surface area contributed by atoms with Crippen molar-refractivity contribution in [3.63, 3.8) is 0 Å². The Kier molecular flexibility index (Phi) is 6.39. The maximum absolute atomic E-state index is 6.11. The molecule has 0 aliphatic carbocycles. The lowest BCUT2D eigenvalue weighted by Gasteiger charge is -2.20. The number of benzene rings is 2. The van der Waals surface area contributed by atoms with Crippen molar-refractivity contribution in [3.8, 4) is 22.8 Å². The zero-order valence-corrected chi connectivity index (χ0v) is 17.0. The van der Waals surface area contributed by atoms with E-state index in [1.165, 1.54) is 0 Å². The van der Waals surface area contributed by atoms with Gasteiger partial charge in [-0.3, -0.25) is 4.98 Å². The molecule has 1 heterocycles. The molecule has 0 spiro atoms. The molecule has 5 nitrogen and oxygen atoms in total. The van der Waals surface area contributed by atoms with Crippen molar-refractivity contribution in [2.45, 2.75) is 20.5 Å². The van der Waals surface area contributed by atoms with Crippen molar-refractivity contribution in [2.75, 3.05) is 18.7 Å². The van der Waals surface area contributed by atoms with E-state index >= 15 is 0 Å². The van der Waals surface area contributed by atoms with Crippen LogP contribution in [0.3, 0.4) is 0 Å². The summed E-state index contributed by atoms with van der Waals surface area (Å²) in [5.74, 6) is 7.55. The van der Waals surface area contributed by atoms with Gasteiger partial charge in [-0.15, -0.1) is 0 Å². The second-order valence-corrected chi connectivity index (χ2v) is 6.86. The number of halogens is 1. The molecule has 0 atom stereocenters. The summed E-state index contributed by atoms with van der Waals surface area (Å²) in [4.78, 5) is 4.37. The van der Waals surface area contributed by atoms with E-state index in [9.17, 15) is 0 Å². The van der Waals surface area contributed by atoms with Crippen molar-refractivity contribution >= 4 is 17.3 Å². The summed E-state index contributed by atoms with van der Waals surface area (Å²) in [6.07, 6.45) is 1.64. The molecule has 0 radical (unpaired) electrons. The minimum atomic E-state index is 0.354. The maximum atomic E-state index is 6.11. The predicted molar refractivity (Wildman–Crippen MR) is 114 cm³/mol. The lowest BCUT2D eigenvalue weighted by atomic mass is 10.1. The summed E-state index contributed by atoms with van der Waals surface area (Å²) in [7, 11) is 1.80. The fraction of sp³-hybridized carbons (Fsp3) is 0.227. The van der Waals surface area contributed by atoms with E-state index in [1.807, 2.05) is 56.3 Å². The maximum Gasteiger partial charge on any atom is 0.128 e. The van der Waals surface area contributed by atoms with Crippen molar-refractivity contribution in [1.29, 1.82) is 0 Å². The van der Waals surface area contributed by atoms with Gasteiger partial charge in [-0.2, -0.15) is 0 Å². The van der Waals surface area contributed by atoms with Crippen LogP contribution in [0, 0.1) is 6.92 Å². The Morgan fingerprint density at radius 1 is 1.07 bits per heavy atom.